The minimum absolute atomic E-state index is 0.235. The first-order chi connectivity index (χ1) is 15.3. The van der Waals surface area contributed by atoms with E-state index in [0.717, 1.165) is 16.7 Å². The normalized spacial score (nSPS) is 23.5. The molecule has 4 atom stereocenters. The Kier molecular flexibility index (Phi) is 7.82. The van der Waals surface area contributed by atoms with Gasteiger partial charge in [-0.05, 0) is 16.7 Å². The van der Waals surface area contributed by atoms with Crippen molar-refractivity contribution >= 4 is 0 Å². The number of aliphatic hydroxyl groups excluding tert-OH is 1. The third-order valence-corrected chi connectivity index (χ3v) is 5.28. The number of ether oxygens (including phenoxy) is 4. The van der Waals surface area contributed by atoms with Gasteiger partial charge in [-0.25, -0.2) is 0 Å². The maximum absolute atomic E-state index is 10.5. The fourth-order valence-electron chi connectivity index (χ4n) is 3.59. The van der Waals surface area contributed by atoms with Gasteiger partial charge in [0, 0.05) is 0 Å². The van der Waals surface area contributed by atoms with Crippen molar-refractivity contribution in [2.45, 2.75) is 44.4 Å². The molecule has 1 aliphatic heterocycles. The van der Waals surface area contributed by atoms with E-state index in [-0.39, 0.29) is 12.7 Å². The standard InChI is InChI=1S/C26H28O5/c27-26-25(30-18-22-14-8-3-9-15-22)24(29-17-21-12-6-2-7-13-21)23(19-31-26)28-16-20-10-4-1-5-11-20/h1-15,23-27H,16-19H2/t23-,24?,25?,26?/m1/s1. The van der Waals surface area contributed by atoms with Gasteiger partial charge >= 0.3 is 0 Å². The van der Waals surface area contributed by atoms with Crippen LogP contribution in [0.5, 0.6) is 0 Å². The molecular formula is C26H28O5. The first-order valence-corrected chi connectivity index (χ1v) is 10.6. The van der Waals surface area contributed by atoms with Crippen LogP contribution in [0.4, 0.5) is 0 Å². The van der Waals surface area contributed by atoms with Crippen LogP contribution in [0.1, 0.15) is 16.7 Å². The minimum Gasteiger partial charge on any atom is -0.368 e. The van der Waals surface area contributed by atoms with Gasteiger partial charge in [0.05, 0.1) is 26.4 Å². The second-order valence-electron chi connectivity index (χ2n) is 7.58. The van der Waals surface area contributed by atoms with E-state index in [1.54, 1.807) is 0 Å². The molecule has 31 heavy (non-hydrogen) atoms. The van der Waals surface area contributed by atoms with Gasteiger partial charge in [0.1, 0.15) is 18.3 Å². The minimum atomic E-state index is -1.08. The number of rotatable bonds is 9. The highest BCUT2D eigenvalue weighted by Gasteiger charge is 2.42. The predicted octanol–water partition coefficient (Wildman–Crippen LogP) is 4.09. The van der Waals surface area contributed by atoms with Crippen molar-refractivity contribution in [3.63, 3.8) is 0 Å². The highest BCUT2D eigenvalue weighted by atomic mass is 16.7. The van der Waals surface area contributed by atoms with E-state index >= 15 is 0 Å². The number of hydrogen-bond acceptors (Lipinski definition) is 5. The van der Waals surface area contributed by atoms with Gasteiger partial charge in [-0.2, -0.15) is 0 Å². The molecule has 1 saturated heterocycles. The van der Waals surface area contributed by atoms with Gasteiger partial charge in [-0.15, -0.1) is 0 Å². The van der Waals surface area contributed by atoms with Crippen molar-refractivity contribution in [1.29, 1.82) is 0 Å². The van der Waals surface area contributed by atoms with Crippen LogP contribution in [0.2, 0.25) is 0 Å². The summed E-state index contributed by atoms with van der Waals surface area (Å²) in [6.45, 7) is 1.41. The Balaban J connectivity index is 1.46. The molecule has 1 fully saturated rings. The lowest BCUT2D eigenvalue weighted by Gasteiger charge is -2.40. The molecule has 0 bridgehead atoms. The molecule has 0 radical (unpaired) electrons. The molecule has 5 nitrogen and oxygen atoms in total. The van der Waals surface area contributed by atoms with Crippen molar-refractivity contribution in [3.05, 3.63) is 108 Å². The first kappa shape index (κ1) is 21.7. The molecule has 3 aromatic carbocycles. The second-order valence-corrected chi connectivity index (χ2v) is 7.58. The molecule has 162 valence electrons. The van der Waals surface area contributed by atoms with Crippen LogP contribution in [0, 0.1) is 0 Å². The summed E-state index contributed by atoms with van der Waals surface area (Å²) in [4.78, 5) is 0. The van der Waals surface area contributed by atoms with Gasteiger partial charge in [-0.3, -0.25) is 0 Å². The van der Waals surface area contributed by atoms with Gasteiger partial charge < -0.3 is 24.1 Å². The first-order valence-electron chi connectivity index (χ1n) is 10.6. The number of benzene rings is 3. The van der Waals surface area contributed by atoms with E-state index in [9.17, 15) is 5.11 Å². The summed E-state index contributed by atoms with van der Waals surface area (Å²) in [5.74, 6) is 0. The molecule has 4 rings (SSSR count). The summed E-state index contributed by atoms with van der Waals surface area (Å²) in [6, 6.07) is 29.8. The number of aliphatic hydroxyl groups is 1. The molecule has 0 amide bonds. The Labute approximate surface area is 183 Å². The largest absolute Gasteiger partial charge is 0.368 e. The molecule has 3 aromatic rings. The molecule has 0 spiro atoms. The predicted molar refractivity (Wildman–Crippen MR) is 117 cm³/mol. The van der Waals surface area contributed by atoms with Crippen molar-refractivity contribution in [1.82, 2.24) is 0 Å². The zero-order valence-electron chi connectivity index (χ0n) is 17.4. The van der Waals surface area contributed by atoms with Gasteiger partial charge in [0.2, 0.25) is 0 Å². The van der Waals surface area contributed by atoms with Crippen molar-refractivity contribution < 1.29 is 24.1 Å². The van der Waals surface area contributed by atoms with E-state index in [1.807, 2.05) is 91.0 Å². The second kappa shape index (κ2) is 11.2. The van der Waals surface area contributed by atoms with Crippen LogP contribution < -0.4 is 0 Å². The van der Waals surface area contributed by atoms with Gasteiger partial charge in [0.25, 0.3) is 0 Å². The Morgan fingerprint density at radius 3 is 1.52 bits per heavy atom. The van der Waals surface area contributed by atoms with E-state index in [0.29, 0.717) is 19.8 Å². The van der Waals surface area contributed by atoms with Crippen LogP contribution in [-0.4, -0.2) is 36.3 Å². The molecular weight excluding hydrogens is 392 g/mol. The highest BCUT2D eigenvalue weighted by Crippen LogP contribution is 2.25. The topological polar surface area (TPSA) is 57.2 Å². The Morgan fingerprint density at radius 1 is 0.613 bits per heavy atom. The summed E-state index contributed by atoms with van der Waals surface area (Å²) < 4.78 is 24.1. The molecule has 0 aromatic heterocycles. The smallest absolute Gasteiger partial charge is 0.183 e. The van der Waals surface area contributed by atoms with E-state index in [2.05, 4.69) is 0 Å². The monoisotopic (exact) mass is 420 g/mol. The van der Waals surface area contributed by atoms with Gasteiger partial charge in [-0.1, -0.05) is 91.0 Å². The lowest BCUT2D eigenvalue weighted by molar-refractivity contribution is -0.286. The SMILES string of the molecule is OC1OC[C@@H](OCc2ccccc2)C(OCc2ccccc2)C1OCc1ccccc1. The zero-order chi connectivity index (χ0) is 21.3. The molecule has 0 saturated carbocycles. The summed E-state index contributed by atoms with van der Waals surface area (Å²) in [5.41, 5.74) is 3.13. The average Bonchev–Trinajstić information content (AvgIpc) is 2.83. The fourth-order valence-corrected chi connectivity index (χ4v) is 3.59. The maximum atomic E-state index is 10.5. The van der Waals surface area contributed by atoms with Gasteiger partial charge in [0.15, 0.2) is 6.29 Å². The fraction of sp³-hybridized carbons (Fsp3) is 0.308. The summed E-state index contributed by atoms with van der Waals surface area (Å²) in [7, 11) is 0. The number of hydrogen-bond donors (Lipinski definition) is 1. The Bertz CT molecular complexity index is 887. The van der Waals surface area contributed by atoms with Crippen molar-refractivity contribution in [3.8, 4) is 0 Å². The highest BCUT2D eigenvalue weighted by molar-refractivity contribution is 5.15. The van der Waals surface area contributed by atoms with E-state index in [4.69, 9.17) is 18.9 Å². The summed E-state index contributed by atoms with van der Waals surface area (Å²) in [5, 5.41) is 10.5. The summed E-state index contributed by atoms with van der Waals surface area (Å²) >= 11 is 0. The average molecular weight is 421 g/mol. The lowest BCUT2D eigenvalue weighted by atomic mass is 10.0. The third-order valence-electron chi connectivity index (χ3n) is 5.28. The van der Waals surface area contributed by atoms with Crippen molar-refractivity contribution in [2.75, 3.05) is 6.61 Å². The van der Waals surface area contributed by atoms with Crippen LogP contribution in [-0.2, 0) is 38.8 Å². The van der Waals surface area contributed by atoms with Crippen LogP contribution in [0.25, 0.3) is 0 Å². The zero-order valence-corrected chi connectivity index (χ0v) is 17.4. The van der Waals surface area contributed by atoms with E-state index in [1.165, 1.54) is 0 Å². The quantitative estimate of drug-likeness (QED) is 0.565. The molecule has 3 unspecified atom stereocenters. The van der Waals surface area contributed by atoms with E-state index < -0.39 is 18.5 Å². The van der Waals surface area contributed by atoms with Crippen LogP contribution in [0.15, 0.2) is 91.0 Å². The molecule has 0 aliphatic carbocycles. The lowest BCUT2D eigenvalue weighted by Crippen LogP contribution is -2.56. The summed E-state index contributed by atoms with van der Waals surface area (Å²) in [6.07, 6.45) is -2.59. The van der Waals surface area contributed by atoms with Crippen LogP contribution >= 0.6 is 0 Å². The molecule has 1 aliphatic rings. The molecule has 5 heteroatoms. The van der Waals surface area contributed by atoms with Crippen LogP contribution in [0.3, 0.4) is 0 Å². The Hall–Kier alpha value is -2.54. The molecule has 1 heterocycles. The maximum Gasteiger partial charge on any atom is 0.183 e. The van der Waals surface area contributed by atoms with Crippen molar-refractivity contribution in [2.24, 2.45) is 0 Å². The Morgan fingerprint density at radius 2 is 1.03 bits per heavy atom. The molecule has 1 N–H and O–H groups in total. The third kappa shape index (κ3) is 6.23.